The first-order valence-electron chi connectivity index (χ1n) is 12.6. The number of halogens is 1. The zero-order valence-electron chi connectivity index (χ0n) is 22.0. The molecule has 5 rings (SSSR count). The van der Waals surface area contributed by atoms with E-state index < -0.39 is 16.2 Å². The van der Waals surface area contributed by atoms with E-state index in [4.69, 9.17) is 11.6 Å². The van der Waals surface area contributed by atoms with Crippen molar-refractivity contribution in [1.29, 1.82) is 0 Å². The van der Waals surface area contributed by atoms with Gasteiger partial charge in [-0.1, -0.05) is 74.0 Å². The Hall–Kier alpha value is -4.21. The van der Waals surface area contributed by atoms with Crippen molar-refractivity contribution in [3.8, 4) is 0 Å². The molecule has 4 aromatic rings. The lowest BCUT2D eigenvalue weighted by Gasteiger charge is -2.36. The summed E-state index contributed by atoms with van der Waals surface area (Å²) < 4.78 is 1.46. The van der Waals surface area contributed by atoms with Gasteiger partial charge in [-0.3, -0.25) is 24.3 Å². The Morgan fingerprint density at radius 2 is 1.49 bits per heavy atom. The molecule has 10 heteroatoms. The quantitative estimate of drug-likeness (QED) is 0.249. The minimum Gasteiger partial charge on any atom is -0.362 e. The summed E-state index contributed by atoms with van der Waals surface area (Å²) in [6.07, 6.45) is 0. The van der Waals surface area contributed by atoms with Gasteiger partial charge in [0.2, 0.25) is 0 Å². The third kappa shape index (κ3) is 6.10. The summed E-state index contributed by atoms with van der Waals surface area (Å²) in [5.41, 5.74) is 1.27. The van der Waals surface area contributed by atoms with Crippen LogP contribution in [0.25, 0.3) is 10.9 Å². The van der Waals surface area contributed by atoms with E-state index in [9.17, 15) is 19.7 Å². The minimum absolute atomic E-state index is 0. The maximum Gasteiger partial charge on any atom is 0.357 e. The van der Waals surface area contributed by atoms with Crippen LogP contribution in [0.15, 0.2) is 83.7 Å². The number of nitro groups is 1. The maximum absolute atomic E-state index is 13.5. The predicted molar refractivity (Wildman–Crippen MR) is 156 cm³/mol. The Morgan fingerprint density at radius 1 is 0.897 bits per heavy atom. The number of pyridine rings is 1. The largest absolute Gasteiger partial charge is 0.362 e. The summed E-state index contributed by atoms with van der Waals surface area (Å²) in [6.45, 7) is 5.71. The number of aromatic nitrogens is 1. The van der Waals surface area contributed by atoms with E-state index in [2.05, 4.69) is 0 Å². The molecule has 0 bridgehead atoms. The van der Waals surface area contributed by atoms with Crippen LogP contribution in [0.3, 0.4) is 0 Å². The first-order valence-corrected chi connectivity index (χ1v) is 13.0. The van der Waals surface area contributed by atoms with Crippen LogP contribution in [0.5, 0.6) is 0 Å². The van der Waals surface area contributed by atoms with Gasteiger partial charge in [-0.15, -0.1) is 0 Å². The number of nitrogens with zero attached hydrogens (tertiary/aromatic N) is 4. The molecule has 39 heavy (non-hydrogen) atoms. The molecule has 1 amide bonds. The number of amides is 1. The van der Waals surface area contributed by atoms with Crippen molar-refractivity contribution >= 4 is 39.8 Å². The fraction of sp³-hybridized carbons (Fsp3) is 0.241. The van der Waals surface area contributed by atoms with Crippen LogP contribution >= 0.6 is 11.6 Å². The number of carbonyl (C=O) groups excluding carboxylic acids is 1. The summed E-state index contributed by atoms with van der Waals surface area (Å²) in [5.74, 6) is -0.121. The van der Waals surface area contributed by atoms with E-state index in [0.717, 1.165) is 5.56 Å². The summed E-state index contributed by atoms with van der Waals surface area (Å²) in [6, 6.07) is 23.4. The van der Waals surface area contributed by atoms with E-state index in [-0.39, 0.29) is 18.6 Å². The predicted octanol–water partition coefficient (Wildman–Crippen LogP) is 5.76. The molecule has 0 atom stereocenters. The van der Waals surface area contributed by atoms with Gasteiger partial charge in [-0.05, 0) is 35.9 Å². The summed E-state index contributed by atoms with van der Waals surface area (Å²) in [7, 11) is 0. The lowest BCUT2D eigenvalue weighted by Crippen LogP contribution is -2.49. The molecule has 0 unspecified atom stereocenters. The average Bonchev–Trinajstić information content (AvgIpc) is 2.96. The highest BCUT2D eigenvalue weighted by atomic mass is 35.5. The first-order chi connectivity index (χ1) is 18.4. The number of anilines is 1. The molecule has 1 fully saturated rings. The number of fused-ring (bicyclic) bond motifs is 1. The maximum atomic E-state index is 13.5. The normalized spacial score (nSPS) is 12.8. The van der Waals surface area contributed by atoms with Crippen LogP contribution in [-0.2, 0) is 6.54 Å². The van der Waals surface area contributed by atoms with E-state index in [1.54, 1.807) is 29.2 Å². The Kier molecular flexibility index (Phi) is 9.81. The average molecular weight is 550 g/mol. The minimum atomic E-state index is -0.641. The van der Waals surface area contributed by atoms with Crippen LogP contribution in [0, 0.1) is 10.1 Å². The topological polar surface area (TPSA) is 124 Å². The van der Waals surface area contributed by atoms with Crippen LogP contribution < -0.4 is 16.6 Å². The van der Waals surface area contributed by atoms with Crippen LogP contribution in [-0.4, -0.2) is 46.5 Å². The van der Waals surface area contributed by atoms with Crippen molar-refractivity contribution in [3.05, 3.63) is 115 Å². The lowest BCUT2D eigenvalue weighted by molar-refractivity contribution is -0.385. The van der Waals surface area contributed by atoms with Crippen molar-refractivity contribution in [2.75, 3.05) is 31.1 Å². The molecular weight excluding hydrogens is 518 g/mol. The molecule has 204 valence electrons. The number of benzene rings is 3. The molecular formula is C29H32ClN5O4. The lowest BCUT2D eigenvalue weighted by atomic mass is 10.1. The Morgan fingerprint density at radius 3 is 2.10 bits per heavy atom. The molecule has 0 radical (unpaired) electrons. The van der Waals surface area contributed by atoms with Gasteiger partial charge in [0.1, 0.15) is 5.69 Å². The number of piperazine rings is 1. The van der Waals surface area contributed by atoms with Crippen LogP contribution in [0.4, 0.5) is 11.4 Å². The second-order valence-corrected chi connectivity index (χ2v) is 9.07. The van der Waals surface area contributed by atoms with E-state index in [1.807, 2.05) is 73.3 Å². The summed E-state index contributed by atoms with van der Waals surface area (Å²) in [4.78, 5) is 41.6. The highest BCUT2D eigenvalue weighted by Crippen LogP contribution is 2.34. The Bertz CT molecular complexity index is 1500. The van der Waals surface area contributed by atoms with Crippen LogP contribution in [0.2, 0.25) is 5.02 Å². The molecule has 3 N–H and O–H groups in total. The van der Waals surface area contributed by atoms with Crippen molar-refractivity contribution in [2.45, 2.75) is 20.4 Å². The van der Waals surface area contributed by atoms with Gasteiger partial charge in [0.15, 0.2) is 0 Å². The molecule has 1 aliphatic heterocycles. The second kappa shape index (κ2) is 13.0. The SMILES string of the molecule is CC.N.O=C(c1ccc(Cl)cc1)N1CCN(c2c([N+](=O)[O-])c(=O)n(Cc3ccccc3)c3ccccc23)CC1. The number of carbonyl (C=O) groups is 1. The molecule has 1 aliphatic rings. The Labute approximate surface area is 232 Å². The van der Waals surface area contributed by atoms with Crippen molar-refractivity contribution < 1.29 is 9.72 Å². The van der Waals surface area contributed by atoms with Gasteiger partial charge in [0, 0.05) is 42.2 Å². The van der Waals surface area contributed by atoms with Crippen LogP contribution in [0.1, 0.15) is 29.8 Å². The molecule has 0 saturated carbocycles. The monoisotopic (exact) mass is 549 g/mol. The summed E-state index contributed by atoms with van der Waals surface area (Å²) in [5, 5.41) is 13.4. The van der Waals surface area contributed by atoms with Gasteiger partial charge >= 0.3 is 11.2 Å². The molecule has 1 aromatic heterocycles. The van der Waals surface area contributed by atoms with Crippen molar-refractivity contribution in [2.24, 2.45) is 0 Å². The highest BCUT2D eigenvalue weighted by molar-refractivity contribution is 6.30. The highest BCUT2D eigenvalue weighted by Gasteiger charge is 2.32. The van der Waals surface area contributed by atoms with Gasteiger partial charge < -0.3 is 16.0 Å². The molecule has 9 nitrogen and oxygen atoms in total. The molecule has 0 spiro atoms. The number of rotatable bonds is 5. The third-order valence-corrected chi connectivity index (χ3v) is 6.71. The fourth-order valence-corrected chi connectivity index (χ4v) is 4.82. The van der Waals surface area contributed by atoms with Gasteiger partial charge in [-0.2, -0.15) is 0 Å². The van der Waals surface area contributed by atoms with E-state index in [1.165, 1.54) is 4.57 Å². The smallest absolute Gasteiger partial charge is 0.357 e. The molecule has 0 aliphatic carbocycles. The van der Waals surface area contributed by atoms with E-state index >= 15 is 0 Å². The second-order valence-electron chi connectivity index (χ2n) is 8.63. The Balaban J connectivity index is 0.00000137. The molecule has 2 heterocycles. The zero-order valence-corrected chi connectivity index (χ0v) is 22.8. The zero-order chi connectivity index (χ0) is 27.2. The first kappa shape index (κ1) is 29.3. The third-order valence-electron chi connectivity index (χ3n) is 6.46. The number of para-hydroxylation sites is 1. The van der Waals surface area contributed by atoms with Crippen molar-refractivity contribution in [3.63, 3.8) is 0 Å². The van der Waals surface area contributed by atoms with Crippen molar-refractivity contribution in [1.82, 2.24) is 15.6 Å². The fourth-order valence-electron chi connectivity index (χ4n) is 4.69. The van der Waals surface area contributed by atoms with Gasteiger partial charge in [0.05, 0.1) is 17.0 Å². The van der Waals surface area contributed by atoms with E-state index in [0.29, 0.717) is 53.4 Å². The molecule has 1 saturated heterocycles. The molecule has 3 aromatic carbocycles. The summed E-state index contributed by atoms with van der Waals surface area (Å²) >= 11 is 5.93. The van der Waals surface area contributed by atoms with Gasteiger partial charge in [0.25, 0.3) is 5.91 Å². The van der Waals surface area contributed by atoms with Gasteiger partial charge in [-0.25, -0.2) is 0 Å². The number of hydrogen-bond acceptors (Lipinski definition) is 6. The standard InChI is InChI=1S/C27H23ClN4O4.C2H6.H3N/c28-21-12-10-20(11-13-21)26(33)30-16-14-29(15-17-30)24-22-8-4-5-9-23(22)31(27(34)25(24)32(35)36)18-19-6-2-1-3-7-19;1-2;/h1-13H,14-18H2;1-2H3;1H3. The number of hydrogen-bond donors (Lipinski definition) is 1.